The molecule has 1 aromatic rings. The summed E-state index contributed by atoms with van der Waals surface area (Å²) in [7, 11) is 1.58. The molecule has 114 valence electrons. The zero-order valence-corrected chi connectivity index (χ0v) is 12.6. The largest absolute Gasteiger partial charge is 0.493 e. The van der Waals surface area contributed by atoms with E-state index in [1.165, 1.54) is 0 Å². The number of ether oxygens (including phenoxy) is 2. The fourth-order valence-electron chi connectivity index (χ4n) is 1.55. The molecule has 0 fully saturated rings. The van der Waals surface area contributed by atoms with E-state index in [0.717, 1.165) is 12.1 Å². The molecule has 0 saturated carbocycles. The molecule has 0 spiro atoms. The number of aliphatic hydroxyl groups excluding tert-OH is 2. The molecule has 0 aromatic heterocycles. The van der Waals surface area contributed by atoms with Gasteiger partial charge < -0.3 is 25.0 Å². The average molecular weight is 283 g/mol. The first-order valence-electron chi connectivity index (χ1n) is 6.69. The van der Waals surface area contributed by atoms with Gasteiger partial charge in [-0.15, -0.1) is 0 Å². The van der Waals surface area contributed by atoms with Crippen LogP contribution >= 0.6 is 0 Å². The van der Waals surface area contributed by atoms with E-state index in [4.69, 9.17) is 14.6 Å². The molecule has 1 aromatic carbocycles. The first kappa shape index (κ1) is 16.8. The van der Waals surface area contributed by atoms with Crippen LogP contribution in [0.2, 0.25) is 0 Å². The Balaban J connectivity index is 2.70. The third kappa shape index (κ3) is 5.77. The highest BCUT2D eigenvalue weighted by molar-refractivity contribution is 5.43. The SMILES string of the molecule is COc1cc(CNC(C)(C)C)ccc1OCC(O)CO. The quantitative estimate of drug-likeness (QED) is 0.704. The summed E-state index contributed by atoms with van der Waals surface area (Å²) in [4.78, 5) is 0. The van der Waals surface area contributed by atoms with Crippen LogP contribution in [0.25, 0.3) is 0 Å². The third-order valence-corrected chi connectivity index (χ3v) is 2.69. The van der Waals surface area contributed by atoms with E-state index in [0.29, 0.717) is 11.5 Å². The van der Waals surface area contributed by atoms with Gasteiger partial charge in [0, 0.05) is 12.1 Å². The monoisotopic (exact) mass is 283 g/mol. The lowest BCUT2D eigenvalue weighted by Gasteiger charge is -2.21. The molecule has 1 atom stereocenters. The highest BCUT2D eigenvalue weighted by atomic mass is 16.5. The van der Waals surface area contributed by atoms with Gasteiger partial charge in [0.1, 0.15) is 12.7 Å². The molecule has 1 unspecified atom stereocenters. The fraction of sp³-hybridized carbons (Fsp3) is 0.600. The standard InChI is InChI=1S/C15H25NO4/c1-15(2,3)16-8-11-5-6-13(14(7-11)19-4)20-10-12(18)9-17/h5-7,12,16-18H,8-10H2,1-4H3. The van der Waals surface area contributed by atoms with Crippen molar-refractivity contribution in [2.45, 2.75) is 39.0 Å². The Hall–Kier alpha value is -1.30. The third-order valence-electron chi connectivity index (χ3n) is 2.69. The van der Waals surface area contributed by atoms with Gasteiger partial charge in [-0.1, -0.05) is 6.07 Å². The summed E-state index contributed by atoms with van der Waals surface area (Å²) in [5.74, 6) is 1.17. The van der Waals surface area contributed by atoms with Crippen LogP contribution in [0.15, 0.2) is 18.2 Å². The molecule has 1 rings (SSSR count). The normalized spacial score (nSPS) is 13.1. The van der Waals surface area contributed by atoms with Gasteiger partial charge in [0.15, 0.2) is 11.5 Å². The van der Waals surface area contributed by atoms with Crippen LogP contribution in [0.3, 0.4) is 0 Å². The summed E-state index contributed by atoms with van der Waals surface area (Å²) in [6.45, 7) is 6.77. The van der Waals surface area contributed by atoms with Gasteiger partial charge in [0.2, 0.25) is 0 Å². The fourth-order valence-corrected chi connectivity index (χ4v) is 1.55. The van der Waals surface area contributed by atoms with E-state index < -0.39 is 6.10 Å². The number of rotatable bonds is 7. The average Bonchev–Trinajstić information content (AvgIpc) is 2.41. The van der Waals surface area contributed by atoms with E-state index in [1.54, 1.807) is 7.11 Å². The first-order valence-corrected chi connectivity index (χ1v) is 6.69. The molecule has 0 aliphatic rings. The highest BCUT2D eigenvalue weighted by Gasteiger charge is 2.11. The summed E-state index contributed by atoms with van der Waals surface area (Å²) in [5, 5.41) is 21.4. The van der Waals surface area contributed by atoms with Crippen molar-refractivity contribution in [2.24, 2.45) is 0 Å². The summed E-state index contributed by atoms with van der Waals surface area (Å²) >= 11 is 0. The van der Waals surface area contributed by atoms with Crippen molar-refractivity contribution < 1.29 is 19.7 Å². The molecule has 0 aliphatic carbocycles. The number of hydrogen-bond donors (Lipinski definition) is 3. The van der Waals surface area contributed by atoms with Crippen molar-refractivity contribution in [3.8, 4) is 11.5 Å². The van der Waals surface area contributed by atoms with Crippen molar-refractivity contribution in [1.29, 1.82) is 0 Å². The molecular formula is C15H25NO4. The minimum atomic E-state index is -0.887. The molecule has 0 amide bonds. The number of aliphatic hydroxyl groups is 2. The number of hydrogen-bond acceptors (Lipinski definition) is 5. The highest BCUT2D eigenvalue weighted by Crippen LogP contribution is 2.28. The lowest BCUT2D eigenvalue weighted by Crippen LogP contribution is -2.35. The molecule has 0 heterocycles. The summed E-state index contributed by atoms with van der Waals surface area (Å²) in [6.07, 6.45) is -0.887. The Bertz CT molecular complexity index is 415. The van der Waals surface area contributed by atoms with Crippen molar-refractivity contribution in [1.82, 2.24) is 5.32 Å². The maximum Gasteiger partial charge on any atom is 0.161 e. The van der Waals surface area contributed by atoms with Crippen LogP contribution in [0.1, 0.15) is 26.3 Å². The second kappa shape index (κ2) is 7.47. The first-order chi connectivity index (χ1) is 9.35. The summed E-state index contributed by atoms with van der Waals surface area (Å²) in [5.41, 5.74) is 1.14. The van der Waals surface area contributed by atoms with Gasteiger partial charge in [-0.3, -0.25) is 0 Å². The Morgan fingerprint density at radius 3 is 2.50 bits per heavy atom. The van der Waals surface area contributed by atoms with Crippen LogP contribution in [-0.4, -0.2) is 42.2 Å². The predicted octanol–water partition coefficient (Wildman–Crippen LogP) is 1.32. The van der Waals surface area contributed by atoms with Crippen LogP contribution in [0.5, 0.6) is 11.5 Å². The molecule has 0 bridgehead atoms. The number of benzene rings is 1. The van der Waals surface area contributed by atoms with E-state index in [-0.39, 0.29) is 18.8 Å². The van der Waals surface area contributed by atoms with Gasteiger partial charge in [-0.05, 0) is 38.5 Å². The second-order valence-corrected chi connectivity index (χ2v) is 5.74. The molecule has 5 nitrogen and oxygen atoms in total. The van der Waals surface area contributed by atoms with Crippen LogP contribution in [-0.2, 0) is 6.54 Å². The van der Waals surface area contributed by atoms with Crippen LogP contribution in [0.4, 0.5) is 0 Å². The lowest BCUT2D eigenvalue weighted by atomic mass is 10.1. The van der Waals surface area contributed by atoms with Crippen LogP contribution in [0, 0.1) is 0 Å². The van der Waals surface area contributed by atoms with Gasteiger partial charge in [-0.25, -0.2) is 0 Å². The Morgan fingerprint density at radius 2 is 1.95 bits per heavy atom. The summed E-state index contributed by atoms with van der Waals surface area (Å²) in [6, 6.07) is 5.66. The Labute approximate surface area is 120 Å². The van der Waals surface area contributed by atoms with E-state index >= 15 is 0 Å². The van der Waals surface area contributed by atoms with Crippen molar-refractivity contribution in [3.63, 3.8) is 0 Å². The molecule has 20 heavy (non-hydrogen) atoms. The zero-order chi connectivity index (χ0) is 15.2. The van der Waals surface area contributed by atoms with Crippen molar-refractivity contribution in [3.05, 3.63) is 23.8 Å². The topological polar surface area (TPSA) is 71.0 Å². The lowest BCUT2D eigenvalue weighted by molar-refractivity contribution is 0.0527. The number of methoxy groups -OCH3 is 1. The molecule has 0 radical (unpaired) electrons. The van der Waals surface area contributed by atoms with Gasteiger partial charge in [0.25, 0.3) is 0 Å². The van der Waals surface area contributed by atoms with Gasteiger partial charge >= 0.3 is 0 Å². The molecule has 0 aliphatic heterocycles. The second-order valence-electron chi connectivity index (χ2n) is 5.74. The zero-order valence-electron chi connectivity index (χ0n) is 12.6. The Kier molecular flexibility index (Phi) is 6.26. The van der Waals surface area contributed by atoms with Crippen molar-refractivity contribution >= 4 is 0 Å². The van der Waals surface area contributed by atoms with E-state index in [2.05, 4.69) is 26.1 Å². The van der Waals surface area contributed by atoms with Gasteiger partial charge in [-0.2, -0.15) is 0 Å². The smallest absolute Gasteiger partial charge is 0.161 e. The minimum Gasteiger partial charge on any atom is -0.493 e. The van der Waals surface area contributed by atoms with Crippen molar-refractivity contribution in [2.75, 3.05) is 20.3 Å². The molecule has 3 N–H and O–H groups in total. The maximum absolute atomic E-state index is 9.29. The predicted molar refractivity (Wildman–Crippen MR) is 78.2 cm³/mol. The summed E-state index contributed by atoms with van der Waals surface area (Å²) < 4.78 is 10.7. The van der Waals surface area contributed by atoms with E-state index in [9.17, 15) is 5.11 Å². The van der Waals surface area contributed by atoms with Crippen LogP contribution < -0.4 is 14.8 Å². The Morgan fingerprint density at radius 1 is 1.25 bits per heavy atom. The molecule has 0 saturated heterocycles. The maximum atomic E-state index is 9.29. The number of nitrogens with one attached hydrogen (secondary N) is 1. The molecular weight excluding hydrogens is 258 g/mol. The van der Waals surface area contributed by atoms with Gasteiger partial charge in [0.05, 0.1) is 13.7 Å². The van der Waals surface area contributed by atoms with E-state index in [1.807, 2.05) is 18.2 Å². The molecule has 5 heteroatoms. The minimum absolute atomic E-state index is 0.0342.